The molecule has 0 aliphatic carbocycles. The van der Waals surface area contributed by atoms with E-state index in [-0.39, 0.29) is 29.8 Å². The number of hydrogen-bond acceptors (Lipinski definition) is 2. The van der Waals surface area contributed by atoms with Gasteiger partial charge in [0.15, 0.2) is 0 Å². The lowest BCUT2D eigenvalue weighted by atomic mass is 10.1. The molecule has 2 aromatic carbocycles. The molecule has 6 heteroatoms. The summed E-state index contributed by atoms with van der Waals surface area (Å²) in [6, 6.07) is 9.85. The average Bonchev–Trinajstić information content (AvgIpc) is 2.54. The zero-order valence-corrected chi connectivity index (χ0v) is 15.2. The van der Waals surface area contributed by atoms with Crippen molar-refractivity contribution < 1.29 is 14.0 Å². The second kappa shape index (κ2) is 8.12. The van der Waals surface area contributed by atoms with E-state index in [1.54, 1.807) is 0 Å². The smallest absolute Gasteiger partial charge is 0.226 e. The normalized spacial score (nSPS) is 10.4. The topological polar surface area (TPSA) is 49.4 Å². The minimum absolute atomic E-state index is 0.0661. The fourth-order valence-electron chi connectivity index (χ4n) is 2.42. The Morgan fingerprint density at radius 2 is 1.88 bits per heavy atom. The van der Waals surface area contributed by atoms with Crippen LogP contribution in [-0.2, 0) is 9.59 Å². The van der Waals surface area contributed by atoms with Crippen LogP contribution >= 0.6 is 11.6 Å². The van der Waals surface area contributed by atoms with Crippen molar-refractivity contribution in [2.45, 2.75) is 27.2 Å². The van der Waals surface area contributed by atoms with E-state index in [1.807, 2.05) is 32.0 Å². The zero-order valence-electron chi connectivity index (χ0n) is 14.4. The standard InChI is InChI=1S/C19H20ClFN2O2/c1-12-4-5-13(2)18(10-12)22-19(25)8-9-23(14(3)24)15-6-7-17(21)16(20)11-15/h4-7,10-11H,8-9H2,1-3H3,(H,22,25). The van der Waals surface area contributed by atoms with Crippen LogP contribution in [0.25, 0.3) is 0 Å². The number of carbonyl (C=O) groups excluding carboxylic acids is 2. The maximum absolute atomic E-state index is 13.3. The van der Waals surface area contributed by atoms with Crippen LogP contribution in [0.5, 0.6) is 0 Å². The second-order valence-corrected chi connectivity index (χ2v) is 6.29. The Balaban J connectivity index is 2.05. The first-order chi connectivity index (χ1) is 11.8. The summed E-state index contributed by atoms with van der Waals surface area (Å²) in [5.74, 6) is -1.00. The number of amides is 2. The van der Waals surface area contributed by atoms with Crippen molar-refractivity contribution >= 4 is 34.8 Å². The Kier molecular flexibility index (Phi) is 6.15. The van der Waals surface area contributed by atoms with E-state index in [4.69, 9.17) is 11.6 Å². The Morgan fingerprint density at radius 3 is 2.52 bits per heavy atom. The highest BCUT2D eigenvalue weighted by molar-refractivity contribution is 6.31. The van der Waals surface area contributed by atoms with Gasteiger partial charge in [-0.2, -0.15) is 0 Å². The zero-order chi connectivity index (χ0) is 18.6. The molecule has 0 aromatic heterocycles. The van der Waals surface area contributed by atoms with Crippen LogP contribution in [0.2, 0.25) is 5.02 Å². The number of hydrogen-bond donors (Lipinski definition) is 1. The lowest BCUT2D eigenvalue weighted by Crippen LogP contribution is -2.32. The molecule has 1 N–H and O–H groups in total. The van der Waals surface area contributed by atoms with Gasteiger partial charge in [0.2, 0.25) is 11.8 Å². The molecule has 2 rings (SSSR count). The molecule has 4 nitrogen and oxygen atoms in total. The van der Waals surface area contributed by atoms with Crippen molar-refractivity contribution in [2.75, 3.05) is 16.8 Å². The van der Waals surface area contributed by atoms with Crippen LogP contribution in [0.3, 0.4) is 0 Å². The van der Waals surface area contributed by atoms with Crippen molar-refractivity contribution in [3.8, 4) is 0 Å². The summed E-state index contributed by atoms with van der Waals surface area (Å²) in [7, 11) is 0. The van der Waals surface area contributed by atoms with E-state index < -0.39 is 5.82 Å². The monoisotopic (exact) mass is 362 g/mol. The molecule has 0 atom stereocenters. The molecule has 0 bridgehead atoms. The molecule has 0 heterocycles. The fourth-order valence-corrected chi connectivity index (χ4v) is 2.59. The molecule has 2 amide bonds. The number of benzene rings is 2. The molecule has 0 fully saturated rings. The van der Waals surface area contributed by atoms with Crippen LogP contribution in [0.1, 0.15) is 24.5 Å². The highest BCUT2D eigenvalue weighted by Crippen LogP contribution is 2.23. The molecule has 0 aliphatic rings. The Labute approximate surface area is 151 Å². The van der Waals surface area contributed by atoms with Gasteiger partial charge in [0.1, 0.15) is 5.82 Å². The van der Waals surface area contributed by atoms with Gasteiger partial charge in [-0.3, -0.25) is 9.59 Å². The largest absolute Gasteiger partial charge is 0.326 e. The predicted molar refractivity (Wildman–Crippen MR) is 98.6 cm³/mol. The molecule has 132 valence electrons. The van der Waals surface area contributed by atoms with Gasteiger partial charge in [-0.05, 0) is 49.2 Å². The molecule has 25 heavy (non-hydrogen) atoms. The van der Waals surface area contributed by atoms with Gasteiger partial charge in [0.05, 0.1) is 5.02 Å². The molecule has 0 radical (unpaired) electrons. The number of nitrogens with one attached hydrogen (secondary N) is 1. The van der Waals surface area contributed by atoms with Gasteiger partial charge in [-0.25, -0.2) is 4.39 Å². The summed E-state index contributed by atoms with van der Waals surface area (Å²) in [5.41, 5.74) is 3.22. The quantitative estimate of drug-likeness (QED) is 0.852. The van der Waals surface area contributed by atoms with Crippen LogP contribution < -0.4 is 10.2 Å². The number of nitrogens with zero attached hydrogens (tertiary/aromatic N) is 1. The second-order valence-electron chi connectivity index (χ2n) is 5.89. The fraction of sp³-hybridized carbons (Fsp3) is 0.263. The third kappa shape index (κ3) is 5.03. The lowest BCUT2D eigenvalue weighted by Gasteiger charge is -2.21. The highest BCUT2D eigenvalue weighted by atomic mass is 35.5. The number of halogens is 2. The van der Waals surface area contributed by atoms with Crippen molar-refractivity contribution in [3.05, 3.63) is 58.4 Å². The SMILES string of the molecule is CC(=O)N(CCC(=O)Nc1cc(C)ccc1C)c1ccc(F)c(Cl)c1. The van der Waals surface area contributed by atoms with E-state index in [0.717, 1.165) is 16.8 Å². The Hall–Kier alpha value is -2.40. The molecule has 0 unspecified atom stereocenters. The molecule has 0 spiro atoms. The first kappa shape index (κ1) is 18.9. The lowest BCUT2D eigenvalue weighted by molar-refractivity contribution is -0.117. The molecular weight excluding hydrogens is 343 g/mol. The molecule has 0 aliphatic heterocycles. The van der Waals surface area contributed by atoms with Crippen LogP contribution in [-0.4, -0.2) is 18.4 Å². The van der Waals surface area contributed by atoms with Crippen molar-refractivity contribution in [1.29, 1.82) is 0 Å². The first-order valence-corrected chi connectivity index (χ1v) is 8.26. The predicted octanol–water partition coefficient (Wildman–Crippen LogP) is 4.48. The van der Waals surface area contributed by atoms with Gasteiger partial charge < -0.3 is 10.2 Å². The maximum atomic E-state index is 13.3. The van der Waals surface area contributed by atoms with Crippen molar-refractivity contribution in [1.82, 2.24) is 0 Å². The number of anilines is 2. The average molecular weight is 363 g/mol. The van der Waals surface area contributed by atoms with E-state index in [9.17, 15) is 14.0 Å². The van der Waals surface area contributed by atoms with Crippen LogP contribution in [0.15, 0.2) is 36.4 Å². The summed E-state index contributed by atoms with van der Waals surface area (Å²) in [6.45, 7) is 5.43. The van der Waals surface area contributed by atoms with Gasteiger partial charge in [0.25, 0.3) is 0 Å². The van der Waals surface area contributed by atoms with Gasteiger partial charge >= 0.3 is 0 Å². The molecular formula is C19H20ClFN2O2. The minimum atomic E-state index is -0.554. The highest BCUT2D eigenvalue weighted by Gasteiger charge is 2.15. The van der Waals surface area contributed by atoms with E-state index in [2.05, 4.69) is 5.32 Å². The van der Waals surface area contributed by atoms with Gasteiger partial charge in [-0.1, -0.05) is 23.7 Å². The molecule has 0 saturated heterocycles. The molecule has 2 aromatic rings. The summed E-state index contributed by atoms with van der Waals surface area (Å²) >= 11 is 5.77. The minimum Gasteiger partial charge on any atom is -0.326 e. The number of aryl methyl sites for hydroxylation is 2. The number of carbonyl (C=O) groups is 2. The Bertz CT molecular complexity index is 808. The van der Waals surface area contributed by atoms with Gasteiger partial charge in [-0.15, -0.1) is 0 Å². The summed E-state index contributed by atoms with van der Waals surface area (Å²) in [4.78, 5) is 25.5. The van der Waals surface area contributed by atoms with E-state index >= 15 is 0 Å². The van der Waals surface area contributed by atoms with Crippen LogP contribution in [0, 0.1) is 19.7 Å². The third-order valence-electron chi connectivity index (χ3n) is 3.82. The van der Waals surface area contributed by atoms with Crippen LogP contribution in [0.4, 0.5) is 15.8 Å². The van der Waals surface area contributed by atoms with E-state index in [1.165, 1.54) is 30.0 Å². The van der Waals surface area contributed by atoms with Crippen molar-refractivity contribution in [2.24, 2.45) is 0 Å². The van der Waals surface area contributed by atoms with E-state index in [0.29, 0.717) is 5.69 Å². The summed E-state index contributed by atoms with van der Waals surface area (Å²) in [5, 5.41) is 2.79. The third-order valence-corrected chi connectivity index (χ3v) is 4.11. The number of rotatable bonds is 5. The first-order valence-electron chi connectivity index (χ1n) is 7.88. The summed E-state index contributed by atoms with van der Waals surface area (Å²) in [6.07, 6.45) is 0.113. The van der Waals surface area contributed by atoms with Gasteiger partial charge in [0, 0.05) is 31.3 Å². The summed E-state index contributed by atoms with van der Waals surface area (Å²) < 4.78 is 13.3. The molecule has 0 saturated carbocycles. The maximum Gasteiger partial charge on any atom is 0.226 e. The Morgan fingerprint density at radius 1 is 1.16 bits per heavy atom. The van der Waals surface area contributed by atoms with Crippen molar-refractivity contribution in [3.63, 3.8) is 0 Å².